The summed E-state index contributed by atoms with van der Waals surface area (Å²) in [7, 11) is 0. The molecule has 0 rings (SSSR count). The molecule has 1 unspecified atom stereocenters. The van der Waals surface area contributed by atoms with E-state index in [0.29, 0.717) is 0 Å². The lowest BCUT2D eigenvalue weighted by Gasteiger charge is -2.28. The average Bonchev–Trinajstić information content (AvgIpc) is 2.27. The highest BCUT2D eigenvalue weighted by Gasteiger charge is 2.36. The molecule has 2 heteroatoms. The second-order valence-electron chi connectivity index (χ2n) is 5.67. The van der Waals surface area contributed by atoms with Gasteiger partial charge in [-0.05, 0) is 26.2 Å². The molecule has 0 spiro atoms. The lowest BCUT2D eigenvalue weighted by Crippen LogP contribution is -2.31. The Morgan fingerprint density at radius 2 is 1.53 bits per heavy atom. The molecular weight excluding hydrogens is 212 g/mol. The van der Waals surface area contributed by atoms with E-state index in [2.05, 4.69) is 13.8 Å². The maximum atomic E-state index is 11.1. The molecule has 2 nitrogen and oxygen atoms in total. The summed E-state index contributed by atoms with van der Waals surface area (Å²) in [5.74, 6) is -0.658. The van der Waals surface area contributed by atoms with E-state index >= 15 is 0 Å². The van der Waals surface area contributed by atoms with E-state index in [1.165, 1.54) is 32.1 Å². The first-order chi connectivity index (χ1) is 7.96. The van der Waals surface area contributed by atoms with Crippen LogP contribution in [0, 0.1) is 11.3 Å². The minimum Gasteiger partial charge on any atom is -0.247 e. The Hall–Kier alpha value is -0.530. The minimum absolute atomic E-state index is 0.249. The Morgan fingerprint density at radius 1 is 1.00 bits per heavy atom. The molecule has 101 valence electrons. The second kappa shape index (κ2) is 8.54. The zero-order chi connectivity index (χ0) is 13.3. The van der Waals surface area contributed by atoms with E-state index in [1.54, 1.807) is 13.8 Å². The van der Waals surface area contributed by atoms with Crippen LogP contribution in [0.3, 0.4) is 0 Å². The number of hydrogen-bond donors (Lipinski definition) is 0. The molecule has 0 saturated heterocycles. The van der Waals surface area contributed by atoms with Crippen LogP contribution in [-0.2, 0) is 9.90 Å². The van der Waals surface area contributed by atoms with Crippen molar-refractivity contribution in [1.29, 1.82) is 0 Å². The molecule has 0 aliphatic carbocycles. The highest BCUT2D eigenvalue weighted by molar-refractivity contribution is 5.73. The highest BCUT2D eigenvalue weighted by Crippen LogP contribution is 2.34. The van der Waals surface area contributed by atoms with Gasteiger partial charge in [-0.2, -0.15) is 0 Å². The minimum atomic E-state index is -0.907. The van der Waals surface area contributed by atoms with E-state index in [-0.39, 0.29) is 5.92 Å². The molecule has 0 heterocycles. The van der Waals surface area contributed by atoms with Gasteiger partial charge in [0.1, 0.15) is 0 Å². The van der Waals surface area contributed by atoms with E-state index in [9.17, 15) is 9.90 Å². The van der Waals surface area contributed by atoms with Crippen LogP contribution in [0.25, 0.3) is 0 Å². The summed E-state index contributed by atoms with van der Waals surface area (Å²) < 4.78 is 0. The van der Waals surface area contributed by atoms with Crippen LogP contribution >= 0.6 is 0 Å². The van der Waals surface area contributed by atoms with Gasteiger partial charge in [0.25, 0.3) is 0 Å². The summed E-state index contributed by atoms with van der Waals surface area (Å²) >= 11 is 0. The van der Waals surface area contributed by atoms with Gasteiger partial charge in [0.15, 0.2) is 0 Å². The molecule has 1 atom stereocenters. The summed E-state index contributed by atoms with van der Waals surface area (Å²) in [5.41, 5.74) is -0.682. The van der Waals surface area contributed by atoms with Gasteiger partial charge in [0.2, 0.25) is 0 Å². The molecule has 0 aliphatic rings. The predicted octanol–water partition coefficient (Wildman–Crippen LogP) is 4.75. The van der Waals surface area contributed by atoms with E-state index in [4.69, 9.17) is 0 Å². The van der Waals surface area contributed by atoms with Gasteiger partial charge >= 0.3 is 5.97 Å². The van der Waals surface area contributed by atoms with Crippen LogP contribution in [0.2, 0.25) is 0 Å². The van der Waals surface area contributed by atoms with Crippen molar-refractivity contribution < 1.29 is 9.90 Å². The molecule has 0 aromatic carbocycles. The average molecular weight is 241 g/mol. The van der Waals surface area contributed by atoms with Gasteiger partial charge in [-0.1, -0.05) is 58.8 Å². The van der Waals surface area contributed by atoms with Crippen molar-refractivity contribution in [2.24, 2.45) is 11.3 Å². The van der Waals surface area contributed by atoms with Gasteiger partial charge in [-0.15, -0.1) is 0 Å². The normalized spacial score (nSPS) is 13.6. The summed E-state index contributed by atoms with van der Waals surface area (Å²) in [6.45, 7) is 7.89. The van der Waals surface area contributed by atoms with Crippen molar-refractivity contribution in [1.82, 2.24) is 0 Å². The number of carbonyl (C=O) groups is 1. The Balaban J connectivity index is 3.87. The fraction of sp³-hybridized carbons (Fsp3) is 0.933. The molecule has 17 heavy (non-hydrogen) atoms. The number of hydrogen-bond acceptors (Lipinski definition) is 1. The third-order valence-corrected chi connectivity index (χ3v) is 3.95. The topological polar surface area (TPSA) is 37.0 Å². The third-order valence-electron chi connectivity index (χ3n) is 3.95. The third kappa shape index (κ3) is 6.09. The summed E-state index contributed by atoms with van der Waals surface area (Å²) in [6, 6.07) is 0. The standard InChI is InChI=1S/C15H29O2/c1-5-7-8-9-10-11-12-13(6-2)15(3,4)14(16)17/h13H,5-12H2,1-4H3. The predicted molar refractivity (Wildman–Crippen MR) is 71.2 cm³/mol. The fourth-order valence-corrected chi connectivity index (χ4v) is 2.41. The highest BCUT2D eigenvalue weighted by atomic mass is 16.4. The smallest absolute Gasteiger partial charge is 0.247 e. The van der Waals surface area contributed by atoms with E-state index < -0.39 is 11.4 Å². The summed E-state index contributed by atoms with van der Waals surface area (Å²) in [4.78, 5) is 11.1. The Bertz CT molecular complexity index is 209. The first-order valence-electron chi connectivity index (χ1n) is 7.18. The number of unbranched alkanes of at least 4 members (excludes halogenated alkanes) is 5. The van der Waals surface area contributed by atoms with Crippen LogP contribution in [-0.4, -0.2) is 5.97 Å². The molecule has 0 amide bonds. The SMILES string of the molecule is CCCCCCCCC(CC)C(C)(C)C([O])=O. The van der Waals surface area contributed by atoms with Gasteiger partial charge in [0.05, 0.1) is 5.41 Å². The van der Waals surface area contributed by atoms with Gasteiger partial charge in [-0.3, -0.25) is 0 Å². The van der Waals surface area contributed by atoms with Crippen molar-refractivity contribution in [2.45, 2.75) is 79.1 Å². The Labute approximate surface area is 107 Å². The zero-order valence-corrected chi connectivity index (χ0v) is 12.1. The van der Waals surface area contributed by atoms with Crippen molar-refractivity contribution >= 4 is 5.97 Å². The van der Waals surface area contributed by atoms with Gasteiger partial charge in [-0.25, -0.2) is 9.90 Å². The maximum Gasteiger partial charge on any atom is 0.361 e. The van der Waals surface area contributed by atoms with E-state index in [0.717, 1.165) is 19.3 Å². The summed E-state index contributed by atoms with van der Waals surface area (Å²) in [6.07, 6.45) is 9.53. The zero-order valence-electron chi connectivity index (χ0n) is 12.1. The first-order valence-corrected chi connectivity index (χ1v) is 7.18. The van der Waals surface area contributed by atoms with Crippen LogP contribution in [0.4, 0.5) is 0 Å². The molecule has 0 aromatic rings. The van der Waals surface area contributed by atoms with Crippen LogP contribution < -0.4 is 0 Å². The molecule has 0 aliphatic heterocycles. The molecule has 0 N–H and O–H groups in total. The van der Waals surface area contributed by atoms with Gasteiger partial charge in [0, 0.05) is 0 Å². The molecule has 0 saturated carbocycles. The molecule has 1 radical (unpaired) electrons. The van der Waals surface area contributed by atoms with Gasteiger partial charge < -0.3 is 0 Å². The van der Waals surface area contributed by atoms with Crippen LogP contribution in [0.15, 0.2) is 0 Å². The van der Waals surface area contributed by atoms with Crippen molar-refractivity contribution in [2.75, 3.05) is 0 Å². The molecule has 0 aromatic heterocycles. The van der Waals surface area contributed by atoms with Crippen molar-refractivity contribution in [3.8, 4) is 0 Å². The van der Waals surface area contributed by atoms with Crippen molar-refractivity contribution in [3.63, 3.8) is 0 Å². The molecule has 0 fully saturated rings. The monoisotopic (exact) mass is 241 g/mol. The molecular formula is C15H29O2. The lowest BCUT2D eigenvalue weighted by molar-refractivity contribution is -0.157. The molecule has 0 bridgehead atoms. The number of rotatable bonds is 10. The van der Waals surface area contributed by atoms with Crippen LogP contribution in [0.1, 0.15) is 79.1 Å². The maximum absolute atomic E-state index is 11.1. The quantitative estimate of drug-likeness (QED) is 0.509. The summed E-state index contributed by atoms with van der Waals surface area (Å²) in [5, 5.41) is 11.1. The number of carbonyl (C=O) groups excluding carboxylic acids is 1. The largest absolute Gasteiger partial charge is 0.361 e. The fourth-order valence-electron chi connectivity index (χ4n) is 2.41. The van der Waals surface area contributed by atoms with Crippen LogP contribution in [0.5, 0.6) is 0 Å². The van der Waals surface area contributed by atoms with E-state index in [1.807, 2.05) is 0 Å². The first kappa shape index (κ1) is 16.5. The van der Waals surface area contributed by atoms with Crippen molar-refractivity contribution in [3.05, 3.63) is 0 Å². The Morgan fingerprint density at radius 3 is 2.00 bits per heavy atom. The Kier molecular flexibility index (Phi) is 8.28. The second-order valence-corrected chi connectivity index (χ2v) is 5.67. The lowest BCUT2D eigenvalue weighted by atomic mass is 9.74.